The summed E-state index contributed by atoms with van der Waals surface area (Å²) in [7, 11) is 1.59. The number of methoxy groups -OCH3 is 1. The third-order valence-electron chi connectivity index (χ3n) is 3.37. The molecule has 1 N–H and O–H groups in total. The van der Waals surface area contributed by atoms with Crippen molar-refractivity contribution in [2.45, 2.75) is 19.4 Å². The van der Waals surface area contributed by atoms with Crippen molar-refractivity contribution in [2.24, 2.45) is 0 Å². The zero-order valence-corrected chi connectivity index (χ0v) is 11.9. The molecule has 1 aromatic carbocycles. The number of fused-ring (bicyclic) bond motifs is 1. The van der Waals surface area contributed by atoms with Gasteiger partial charge in [0.2, 0.25) is 11.9 Å². The van der Waals surface area contributed by atoms with Gasteiger partial charge in [0, 0.05) is 0 Å². The molecule has 1 atom stereocenters. The summed E-state index contributed by atoms with van der Waals surface area (Å²) in [5.41, 5.74) is 0.928. The number of carbonyl (C=O) groups is 1. The van der Waals surface area contributed by atoms with Crippen LogP contribution in [0.4, 0.5) is 5.95 Å². The molecular weight excluding hydrogens is 272 g/mol. The topological polar surface area (TPSA) is 78.3 Å². The third-order valence-corrected chi connectivity index (χ3v) is 3.37. The van der Waals surface area contributed by atoms with E-state index >= 15 is 0 Å². The number of carbonyl (C=O) groups excluding carboxylic acids is 1. The van der Waals surface area contributed by atoms with Gasteiger partial charge in [0.05, 0.1) is 26.2 Å². The molecule has 21 heavy (non-hydrogen) atoms. The lowest BCUT2D eigenvalue weighted by Gasteiger charge is -2.24. The highest BCUT2D eigenvalue weighted by molar-refractivity contribution is 5.91. The molecule has 1 aliphatic rings. The van der Waals surface area contributed by atoms with Gasteiger partial charge in [-0.15, -0.1) is 0 Å². The first-order valence-electron chi connectivity index (χ1n) is 6.73. The molecule has 7 heteroatoms. The van der Waals surface area contributed by atoms with Crippen molar-refractivity contribution in [1.82, 2.24) is 14.8 Å². The van der Waals surface area contributed by atoms with Crippen LogP contribution in [0, 0.1) is 0 Å². The molecule has 2 heterocycles. The van der Waals surface area contributed by atoms with Crippen molar-refractivity contribution in [2.75, 3.05) is 19.0 Å². The summed E-state index contributed by atoms with van der Waals surface area (Å²) >= 11 is 0. The Morgan fingerprint density at radius 1 is 1.43 bits per heavy atom. The van der Waals surface area contributed by atoms with E-state index in [1.54, 1.807) is 11.8 Å². The first-order valence-corrected chi connectivity index (χ1v) is 6.73. The fraction of sp³-hybridized carbons (Fsp3) is 0.357. The van der Waals surface area contributed by atoms with Gasteiger partial charge < -0.3 is 9.47 Å². The van der Waals surface area contributed by atoms with E-state index in [2.05, 4.69) is 15.4 Å². The van der Waals surface area contributed by atoms with Crippen molar-refractivity contribution in [3.8, 4) is 11.5 Å². The quantitative estimate of drug-likeness (QED) is 0.925. The number of benzene rings is 1. The number of nitrogens with zero attached hydrogens (tertiary/aromatic N) is 3. The average Bonchev–Trinajstić information content (AvgIpc) is 2.95. The van der Waals surface area contributed by atoms with Crippen LogP contribution >= 0.6 is 0 Å². The molecule has 3 rings (SSSR count). The predicted octanol–water partition coefficient (Wildman–Crippen LogP) is 1.62. The van der Waals surface area contributed by atoms with Gasteiger partial charge >= 0.3 is 0 Å². The van der Waals surface area contributed by atoms with Crippen LogP contribution in [0.15, 0.2) is 24.5 Å². The summed E-state index contributed by atoms with van der Waals surface area (Å²) in [4.78, 5) is 15.8. The second-order valence-corrected chi connectivity index (χ2v) is 4.64. The largest absolute Gasteiger partial charge is 0.493 e. The first-order chi connectivity index (χ1) is 10.2. The fourth-order valence-electron chi connectivity index (χ4n) is 2.43. The summed E-state index contributed by atoms with van der Waals surface area (Å²) in [6, 6.07) is 5.45. The maximum absolute atomic E-state index is 11.8. The molecule has 0 unspecified atom stereocenters. The van der Waals surface area contributed by atoms with Crippen LogP contribution in [-0.4, -0.2) is 34.4 Å². The smallest absolute Gasteiger partial charge is 0.229 e. The molecule has 0 fully saturated rings. The molecule has 0 saturated carbocycles. The molecule has 0 saturated heterocycles. The van der Waals surface area contributed by atoms with E-state index in [0.29, 0.717) is 30.5 Å². The van der Waals surface area contributed by atoms with E-state index < -0.39 is 0 Å². The van der Waals surface area contributed by atoms with Crippen LogP contribution in [0.1, 0.15) is 24.9 Å². The van der Waals surface area contributed by atoms with E-state index in [-0.39, 0.29) is 11.9 Å². The van der Waals surface area contributed by atoms with E-state index in [9.17, 15) is 4.79 Å². The Bertz CT molecular complexity index is 668. The van der Waals surface area contributed by atoms with Crippen molar-refractivity contribution in [3.63, 3.8) is 0 Å². The minimum atomic E-state index is -0.194. The predicted molar refractivity (Wildman–Crippen MR) is 75.6 cm³/mol. The second-order valence-electron chi connectivity index (χ2n) is 4.64. The molecular formula is C14H16N4O3. The standard InChI is InChI=1S/C14H16N4O3/c1-3-21-11-5-4-9(6-12(11)20-2)10-7-13(19)17-14-15-8-16-18(10)14/h4-6,8,10H,3,7H2,1-2H3,(H,15,16,17,19)/t10-/m0/s1. The summed E-state index contributed by atoms with van der Waals surface area (Å²) < 4.78 is 12.6. The van der Waals surface area contributed by atoms with Gasteiger partial charge in [0.15, 0.2) is 11.5 Å². The number of amides is 1. The Balaban J connectivity index is 1.99. The molecule has 0 spiro atoms. The number of hydrogen-bond donors (Lipinski definition) is 1. The van der Waals surface area contributed by atoms with Crippen LogP contribution in [-0.2, 0) is 4.79 Å². The molecule has 0 radical (unpaired) electrons. The van der Waals surface area contributed by atoms with E-state index in [1.807, 2.05) is 25.1 Å². The summed E-state index contributed by atoms with van der Waals surface area (Å²) in [5, 5.41) is 6.88. The van der Waals surface area contributed by atoms with Gasteiger partial charge in [-0.3, -0.25) is 10.1 Å². The van der Waals surface area contributed by atoms with Crippen LogP contribution in [0.5, 0.6) is 11.5 Å². The maximum Gasteiger partial charge on any atom is 0.229 e. The highest BCUT2D eigenvalue weighted by Crippen LogP contribution is 2.34. The highest BCUT2D eigenvalue weighted by Gasteiger charge is 2.28. The van der Waals surface area contributed by atoms with Crippen LogP contribution in [0.2, 0.25) is 0 Å². The van der Waals surface area contributed by atoms with Gasteiger partial charge in [0.25, 0.3) is 0 Å². The molecule has 1 aromatic heterocycles. The van der Waals surface area contributed by atoms with Gasteiger partial charge in [-0.05, 0) is 24.6 Å². The van der Waals surface area contributed by atoms with E-state index in [0.717, 1.165) is 5.56 Å². The molecule has 2 aromatic rings. The van der Waals surface area contributed by atoms with Crippen LogP contribution < -0.4 is 14.8 Å². The highest BCUT2D eigenvalue weighted by atomic mass is 16.5. The second kappa shape index (κ2) is 5.43. The lowest BCUT2D eigenvalue weighted by molar-refractivity contribution is -0.117. The Hall–Kier alpha value is -2.57. The maximum atomic E-state index is 11.8. The molecule has 110 valence electrons. The van der Waals surface area contributed by atoms with Crippen molar-refractivity contribution in [1.29, 1.82) is 0 Å². The Morgan fingerprint density at radius 2 is 2.29 bits per heavy atom. The third kappa shape index (κ3) is 2.42. The van der Waals surface area contributed by atoms with Gasteiger partial charge in [-0.25, -0.2) is 4.68 Å². The number of rotatable bonds is 4. The normalized spacial score (nSPS) is 17.0. The van der Waals surface area contributed by atoms with Gasteiger partial charge in [-0.1, -0.05) is 6.07 Å². The van der Waals surface area contributed by atoms with E-state index in [4.69, 9.17) is 9.47 Å². The van der Waals surface area contributed by atoms with E-state index in [1.165, 1.54) is 6.33 Å². The summed E-state index contributed by atoms with van der Waals surface area (Å²) in [6.45, 7) is 2.48. The van der Waals surface area contributed by atoms with Gasteiger partial charge in [-0.2, -0.15) is 10.1 Å². The SMILES string of the molecule is CCOc1ccc([C@@H]2CC(=O)Nc3ncnn32)cc1OC. The summed E-state index contributed by atoms with van der Waals surface area (Å²) in [5.74, 6) is 1.71. The average molecular weight is 288 g/mol. The number of ether oxygens (including phenoxy) is 2. The number of aromatic nitrogens is 3. The monoisotopic (exact) mass is 288 g/mol. The Kier molecular flexibility index (Phi) is 3.47. The van der Waals surface area contributed by atoms with Crippen molar-refractivity contribution < 1.29 is 14.3 Å². The molecule has 1 amide bonds. The van der Waals surface area contributed by atoms with Crippen molar-refractivity contribution >= 4 is 11.9 Å². The minimum Gasteiger partial charge on any atom is -0.493 e. The van der Waals surface area contributed by atoms with Crippen LogP contribution in [0.25, 0.3) is 0 Å². The number of hydrogen-bond acceptors (Lipinski definition) is 5. The fourth-order valence-corrected chi connectivity index (χ4v) is 2.43. The first kappa shape index (κ1) is 13.4. The lowest BCUT2D eigenvalue weighted by Crippen LogP contribution is -2.29. The minimum absolute atomic E-state index is 0.0756. The molecule has 1 aliphatic heterocycles. The molecule has 0 bridgehead atoms. The van der Waals surface area contributed by atoms with Gasteiger partial charge in [0.1, 0.15) is 6.33 Å². The molecule has 0 aliphatic carbocycles. The number of nitrogens with one attached hydrogen (secondary N) is 1. The zero-order chi connectivity index (χ0) is 14.8. The molecule has 7 nitrogen and oxygen atoms in total. The Labute approximate surface area is 121 Å². The Morgan fingerprint density at radius 3 is 3.05 bits per heavy atom. The van der Waals surface area contributed by atoms with Crippen molar-refractivity contribution in [3.05, 3.63) is 30.1 Å². The van der Waals surface area contributed by atoms with Crippen LogP contribution in [0.3, 0.4) is 0 Å². The number of anilines is 1. The zero-order valence-electron chi connectivity index (χ0n) is 11.9. The summed E-state index contributed by atoms with van der Waals surface area (Å²) in [6.07, 6.45) is 1.74. The lowest BCUT2D eigenvalue weighted by atomic mass is 10.0.